The lowest BCUT2D eigenvalue weighted by atomic mass is 10.1. The number of fused-ring (bicyclic) bond motifs is 1. The van der Waals surface area contributed by atoms with Crippen LogP contribution < -0.4 is 9.80 Å². The van der Waals surface area contributed by atoms with Crippen LogP contribution in [-0.2, 0) is 16.0 Å². The molecule has 2 aliphatic heterocycles. The predicted molar refractivity (Wildman–Crippen MR) is 112 cm³/mol. The summed E-state index contributed by atoms with van der Waals surface area (Å²) in [6, 6.07) is 13.3. The summed E-state index contributed by atoms with van der Waals surface area (Å²) in [5, 5.41) is 0.722. The Hall–Kier alpha value is -2.53. The Balaban J connectivity index is 1.47. The molecular weight excluding hydrogens is 374 g/mol. The molecule has 0 spiro atoms. The average Bonchev–Trinajstić information content (AvgIpc) is 3.09. The zero-order valence-corrected chi connectivity index (χ0v) is 16.9. The zero-order chi connectivity index (χ0) is 19.8. The van der Waals surface area contributed by atoms with Crippen LogP contribution in [0.3, 0.4) is 0 Å². The van der Waals surface area contributed by atoms with E-state index in [1.165, 1.54) is 12.5 Å². The fraction of sp³-hybridized carbons (Fsp3) is 0.364. The van der Waals surface area contributed by atoms with Gasteiger partial charge in [-0.2, -0.15) is 0 Å². The van der Waals surface area contributed by atoms with Crippen LogP contribution in [0.1, 0.15) is 18.1 Å². The first-order valence-corrected chi connectivity index (χ1v) is 10.0. The van der Waals surface area contributed by atoms with E-state index in [0.29, 0.717) is 19.5 Å². The van der Waals surface area contributed by atoms with Crippen molar-refractivity contribution >= 4 is 34.8 Å². The van der Waals surface area contributed by atoms with Crippen LogP contribution in [0.25, 0.3) is 0 Å². The normalized spacial score (nSPS) is 19.0. The molecular formula is C22H24ClN3O2. The van der Waals surface area contributed by atoms with Crippen LogP contribution in [0.4, 0.5) is 11.4 Å². The van der Waals surface area contributed by atoms with Gasteiger partial charge in [0.15, 0.2) is 0 Å². The van der Waals surface area contributed by atoms with Crippen molar-refractivity contribution in [3.63, 3.8) is 0 Å². The van der Waals surface area contributed by atoms with E-state index in [4.69, 9.17) is 11.6 Å². The molecule has 1 unspecified atom stereocenters. The van der Waals surface area contributed by atoms with Gasteiger partial charge >= 0.3 is 0 Å². The number of anilines is 2. The van der Waals surface area contributed by atoms with Crippen LogP contribution in [0, 0.1) is 6.92 Å². The number of hydrogen-bond donors (Lipinski definition) is 0. The highest BCUT2D eigenvalue weighted by Crippen LogP contribution is 2.33. The van der Waals surface area contributed by atoms with Crippen LogP contribution in [0.5, 0.6) is 0 Å². The molecule has 2 aliphatic rings. The van der Waals surface area contributed by atoms with Gasteiger partial charge in [0.2, 0.25) is 11.8 Å². The number of carbonyl (C=O) groups is 2. The number of carbonyl (C=O) groups excluding carboxylic acids is 2. The molecule has 146 valence electrons. The molecule has 2 heterocycles. The van der Waals surface area contributed by atoms with E-state index < -0.39 is 6.04 Å². The number of piperazine rings is 1. The number of benzene rings is 2. The Morgan fingerprint density at radius 2 is 1.71 bits per heavy atom. The summed E-state index contributed by atoms with van der Waals surface area (Å²) in [6.07, 6.45) is 0.586. The quantitative estimate of drug-likeness (QED) is 0.781. The van der Waals surface area contributed by atoms with Crippen molar-refractivity contribution in [1.29, 1.82) is 0 Å². The van der Waals surface area contributed by atoms with Gasteiger partial charge in [-0.3, -0.25) is 14.5 Å². The van der Waals surface area contributed by atoms with E-state index >= 15 is 0 Å². The van der Waals surface area contributed by atoms with Crippen molar-refractivity contribution in [3.8, 4) is 0 Å². The molecule has 2 amide bonds. The molecule has 5 nitrogen and oxygen atoms in total. The van der Waals surface area contributed by atoms with Crippen molar-refractivity contribution < 1.29 is 9.59 Å². The number of rotatable bonds is 2. The smallest absolute Gasteiger partial charge is 0.246 e. The summed E-state index contributed by atoms with van der Waals surface area (Å²) >= 11 is 6.16. The molecule has 0 N–H and O–H groups in total. The highest BCUT2D eigenvalue weighted by atomic mass is 35.5. The SMILES string of the molecule is CC(=O)N1c2ccccc2CC1C(=O)N1CCN(c2cc(Cl)ccc2C)CC1. The van der Waals surface area contributed by atoms with Crippen molar-refractivity contribution in [2.45, 2.75) is 26.3 Å². The standard InChI is InChI=1S/C22H24ClN3O2/c1-15-7-8-18(23)14-20(15)24-9-11-25(12-10-24)22(28)21-13-17-5-3-4-6-19(17)26(21)16(2)27/h3-8,14,21H,9-13H2,1-2H3. The summed E-state index contributed by atoms with van der Waals surface area (Å²) in [6.45, 7) is 6.40. The molecule has 0 saturated carbocycles. The first kappa shape index (κ1) is 18.8. The van der Waals surface area contributed by atoms with Gasteiger partial charge in [-0.25, -0.2) is 0 Å². The Morgan fingerprint density at radius 1 is 1.00 bits per heavy atom. The third kappa shape index (κ3) is 3.35. The Bertz CT molecular complexity index is 922. The average molecular weight is 398 g/mol. The Kier molecular flexibility index (Phi) is 5.02. The summed E-state index contributed by atoms with van der Waals surface area (Å²) in [5.74, 6) is -0.0506. The molecule has 0 aromatic heterocycles. The molecule has 1 saturated heterocycles. The van der Waals surface area contributed by atoms with E-state index in [-0.39, 0.29) is 11.8 Å². The van der Waals surface area contributed by atoms with E-state index in [2.05, 4.69) is 11.8 Å². The Labute approximate surface area is 170 Å². The van der Waals surface area contributed by atoms with Gasteiger partial charge in [0.05, 0.1) is 0 Å². The molecule has 0 radical (unpaired) electrons. The Morgan fingerprint density at radius 3 is 2.43 bits per heavy atom. The maximum atomic E-state index is 13.2. The van der Waals surface area contributed by atoms with E-state index in [0.717, 1.165) is 35.1 Å². The van der Waals surface area contributed by atoms with Gasteiger partial charge in [-0.15, -0.1) is 0 Å². The summed E-state index contributed by atoms with van der Waals surface area (Å²) in [7, 11) is 0. The minimum absolute atomic E-state index is 0.0360. The third-order valence-corrected chi connectivity index (χ3v) is 5.94. The largest absolute Gasteiger partial charge is 0.368 e. The molecule has 2 aromatic rings. The lowest BCUT2D eigenvalue weighted by molar-refractivity contribution is -0.134. The molecule has 4 rings (SSSR count). The molecule has 1 fully saturated rings. The molecule has 0 aliphatic carbocycles. The second-order valence-corrected chi connectivity index (χ2v) is 7.92. The van der Waals surface area contributed by atoms with Gasteiger partial charge in [0, 0.05) is 55.9 Å². The van der Waals surface area contributed by atoms with E-state index in [1.54, 1.807) is 4.90 Å². The second-order valence-electron chi connectivity index (χ2n) is 7.48. The lowest BCUT2D eigenvalue weighted by Crippen LogP contribution is -2.55. The number of amides is 2. The maximum absolute atomic E-state index is 13.2. The van der Waals surface area contributed by atoms with E-state index in [1.807, 2.05) is 47.4 Å². The summed E-state index contributed by atoms with van der Waals surface area (Å²) in [5.41, 5.74) is 4.22. The fourth-order valence-electron chi connectivity index (χ4n) is 4.27. The monoisotopic (exact) mass is 397 g/mol. The van der Waals surface area contributed by atoms with Gasteiger partial charge in [0.1, 0.15) is 6.04 Å². The highest BCUT2D eigenvalue weighted by molar-refractivity contribution is 6.30. The maximum Gasteiger partial charge on any atom is 0.246 e. The molecule has 0 bridgehead atoms. The van der Waals surface area contributed by atoms with E-state index in [9.17, 15) is 9.59 Å². The first-order chi connectivity index (χ1) is 13.5. The van der Waals surface area contributed by atoms with Gasteiger partial charge in [0.25, 0.3) is 0 Å². The van der Waals surface area contributed by atoms with Crippen molar-refractivity contribution in [3.05, 3.63) is 58.6 Å². The topological polar surface area (TPSA) is 43.9 Å². The first-order valence-electron chi connectivity index (χ1n) is 9.63. The number of hydrogen-bond acceptors (Lipinski definition) is 3. The van der Waals surface area contributed by atoms with Crippen LogP contribution in [0.2, 0.25) is 5.02 Å². The fourth-order valence-corrected chi connectivity index (χ4v) is 4.44. The van der Waals surface area contributed by atoms with Gasteiger partial charge in [-0.1, -0.05) is 35.9 Å². The minimum atomic E-state index is -0.436. The number of halogens is 1. The predicted octanol–water partition coefficient (Wildman–Crippen LogP) is 3.27. The molecule has 28 heavy (non-hydrogen) atoms. The van der Waals surface area contributed by atoms with Crippen LogP contribution in [-0.4, -0.2) is 48.9 Å². The molecule has 6 heteroatoms. The lowest BCUT2D eigenvalue weighted by Gasteiger charge is -2.38. The van der Waals surface area contributed by atoms with Crippen molar-refractivity contribution in [1.82, 2.24) is 4.90 Å². The molecule has 1 atom stereocenters. The second kappa shape index (κ2) is 7.47. The van der Waals surface area contributed by atoms with Gasteiger partial charge < -0.3 is 9.80 Å². The number of nitrogens with zero attached hydrogens (tertiary/aromatic N) is 3. The highest BCUT2D eigenvalue weighted by Gasteiger charge is 2.39. The molecule has 2 aromatic carbocycles. The summed E-state index contributed by atoms with van der Waals surface area (Å²) < 4.78 is 0. The van der Waals surface area contributed by atoms with Gasteiger partial charge in [-0.05, 0) is 36.2 Å². The van der Waals surface area contributed by atoms with Crippen LogP contribution >= 0.6 is 11.6 Å². The number of aryl methyl sites for hydroxylation is 1. The number of para-hydroxylation sites is 1. The van der Waals surface area contributed by atoms with Crippen molar-refractivity contribution in [2.75, 3.05) is 36.0 Å². The third-order valence-electron chi connectivity index (χ3n) is 5.70. The van der Waals surface area contributed by atoms with Crippen LogP contribution in [0.15, 0.2) is 42.5 Å². The zero-order valence-electron chi connectivity index (χ0n) is 16.2. The summed E-state index contributed by atoms with van der Waals surface area (Å²) in [4.78, 5) is 31.3. The minimum Gasteiger partial charge on any atom is -0.368 e. The van der Waals surface area contributed by atoms with Crippen molar-refractivity contribution in [2.24, 2.45) is 0 Å².